The zero-order chi connectivity index (χ0) is 16.9. The zero-order valence-corrected chi connectivity index (χ0v) is 15.9. The van der Waals surface area contributed by atoms with E-state index in [1.54, 1.807) is 24.3 Å². The minimum atomic E-state index is -1.27. The minimum absolute atomic E-state index is 0. The first kappa shape index (κ1) is 19.1. The maximum atomic E-state index is 11.5. The zero-order valence-electron chi connectivity index (χ0n) is 13.9. The molecule has 0 unspecified atom stereocenters. The van der Waals surface area contributed by atoms with Crippen molar-refractivity contribution < 1.29 is 44.2 Å². The predicted octanol–water partition coefficient (Wildman–Crippen LogP) is -0.118. The quantitative estimate of drug-likeness (QED) is 0.519. The summed E-state index contributed by atoms with van der Waals surface area (Å²) in [6, 6.07) is 21.8. The minimum Gasteiger partial charge on any atom is -0.545 e. The summed E-state index contributed by atoms with van der Waals surface area (Å²) >= 11 is 0. The van der Waals surface area contributed by atoms with Gasteiger partial charge in [-0.05, 0) is 41.0 Å². The number of nitrogen functional groups attached to an aromatic ring is 1. The monoisotopic (exact) mass is 341 g/mol. The van der Waals surface area contributed by atoms with Gasteiger partial charge in [0.2, 0.25) is 0 Å². The molecule has 3 rings (SSSR count). The Morgan fingerprint density at radius 3 is 2.20 bits per heavy atom. The second-order valence-electron chi connectivity index (χ2n) is 5.39. The molecule has 3 aromatic rings. The molecule has 120 valence electrons. The molecule has 0 amide bonds. The van der Waals surface area contributed by atoms with Gasteiger partial charge in [-0.1, -0.05) is 48.5 Å². The van der Waals surface area contributed by atoms with Gasteiger partial charge in [0.15, 0.2) is 0 Å². The molecule has 5 heteroatoms. The van der Waals surface area contributed by atoms with Crippen LogP contribution >= 0.6 is 0 Å². The third-order valence-electron chi connectivity index (χ3n) is 3.68. The molecular formula is C20H16NNaO3. The SMILES string of the molecule is Nc1ccc(-c2ccc(OCc3ccccc3)c(C(=O)[O-])c2)cc1.[Na+]. The Balaban J connectivity index is 0.00000225. The van der Waals surface area contributed by atoms with Gasteiger partial charge in [0, 0.05) is 11.3 Å². The largest absolute Gasteiger partial charge is 1.00 e. The number of ether oxygens (including phenoxy) is 1. The Morgan fingerprint density at radius 2 is 1.56 bits per heavy atom. The normalized spacial score (nSPS) is 9.92. The molecule has 0 heterocycles. The second-order valence-corrected chi connectivity index (χ2v) is 5.39. The molecule has 0 spiro atoms. The molecule has 0 aliphatic carbocycles. The molecule has 0 fully saturated rings. The number of rotatable bonds is 5. The van der Waals surface area contributed by atoms with Gasteiger partial charge in [0.05, 0.1) is 5.97 Å². The van der Waals surface area contributed by atoms with Crippen LogP contribution in [-0.2, 0) is 6.61 Å². The topological polar surface area (TPSA) is 75.4 Å². The summed E-state index contributed by atoms with van der Waals surface area (Å²) in [6.07, 6.45) is 0. The van der Waals surface area contributed by atoms with Crippen LogP contribution in [0.3, 0.4) is 0 Å². The van der Waals surface area contributed by atoms with Gasteiger partial charge in [-0.15, -0.1) is 0 Å². The fourth-order valence-corrected chi connectivity index (χ4v) is 2.41. The number of carbonyl (C=O) groups is 1. The molecule has 0 aliphatic rings. The predicted molar refractivity (Wildman–Crippen MR) is 91.4 cm³/mol. The number of nitrogens with two attached hydrogens (primary N) is 1. The molecule has 0 aromatic heterocycles. The number of carboxylic acids is 1. The molecule has 0 aliphatic heterocycles. The molecule has 0 atom stereocenters. The van der Waals surface area contributed by atoms with Crippen LogP contribution in [0.15, 0.2) is 72.8 Å². The summed E-state index contributed by atoms with van der Waals surface area (Å²) in [5.74, 6) is -0.978. The maximum Gasteiger partial charge on any atom is 1.00 e. The Morgan fingerprint density at radius 1 is 0.920 bits per heavy atom. The fourth-order valence-electron chi connectivity index (χ4n) is 2.41. The number of carbonyl (C=O) groups excluding carboxylic acids is 1. The number of carboxylic acid groups (broad SMARTS) is 1. The molecule has 0 saturated carbocycles. The van der Waals surface area contributed by atoms with Gasteiger partial charge in [-0.3, -0.25) is 0 Å². The van der Waals surface area contributed by atoms with E-state index in [9.17, 15) is 9.90 Å². The fraction of sp³-hybridized carbons (Fsp3) is 0.0500. The summed E-state index contributed by atoms with van der Waals surface area (Å²) in [7, 11) is 0. The third kappa shape index (κ3) is 4.86. The maximum absolute atomic E-state index is 11.5. The van der Waals surface area contributed by atoms with Crippen LogP contribution in [0.1, 0.15) is 15.9 Å². The average Bonchev–Trinajstić information content (AvgIpc) is 2.61. The van der Waals surface area contributed by atoms with E-state index in [-0.39, 0.29) is 40.9 Å². The first-order chi connectivity index (χ1) is 11.6. The summed E-state index contributed by atoms with van der Waals surface area (Å²) in [5, 5.41) is 11.5. The average molecular weight is 341 g/mol. The standard InChI is InChI=1S/C20H17NO3.Na/c21-17-9-6-15(7-10-17)16-8-11-19(18(12-16)20(22)23)24-13-14-4-2-1-3-5-14;/h1-12H,13,21H2,(H,22,23);/q;+1/p-1. The molecular weight excluding hydrogens is 325 g/mol. The van der Waals surface area contributed by atoms with Crippen molar-refractivity contribution in [1.82, 2.24) is 0 Å². The third-order valence-corrected chi connectivity index (χ3v) is 3.68. The number of hydrogen-bond donors (Lipinski definition) is 1. The van der Waals surface area contributed by atoms with Crippen molar-refractivity contribution in [2.75, 3.05) is 5.73 Å². The van der Waals surface area contributed by atoms with Crippen LogP contribution in [0.4, 0.5) is 5.69 Å². The Hall–Kier alpha value is -2.27. The van der Waals surface area contributed by atoms with E-state index in [1.165, 1.54) is 0 Å². The van der Waals surface area contributed by atoms with E-state index in [2.05, 4.69) is 0 Å². The van der Waals surface area contributed by atoms with Crippen molar-refractivity contribution in [3.63, 3.8) is 0 Å². The second kappa shape index (κ2) is 8.72. The first-order valence-electron chi connectivity index (χ1n) is 7.51. The van der Waals surface area contributed by atoms with Crippen LogP contribution in [0.5, 0.6) is 5.75 Å². The number of benzene rings is 3. The van der Waals surface area contributed by atoms with E-state index in [0.29, 0.717) is 12.3 Å². The molecule has 4 nitrogen and oxygen atoms in total. The van der Waals surface area contributed by atoms with E-state index in [4.69, 9.17) is 10.5 Å². The summed E-state index contributed by atoms with van der Waals surface area (Å²) in [6.45, 7) is 0.294. The van der Waals surface area contributed by atoms with E-state index in [0.717, 1.165) is 16.7 Å². The van der Waals surface area contributed by atoms with Crippen molar-refractivity contribution in [3.05, 3.63) is 83.9 Å². The van der Waals surface area contributed by atoms with Gasteiger partial charge in [-0.25, -0.2) is 0 Å². The van der Waals surface area contributed by atoms with E-state index < -0.39 is 5.97 Å². The Labute approximate surface area is 168 Å². The van der Waals surface area contributed by atoms with Gasteiger partial charge < -0.3 is 20.4 Å². The summed E-state index contributed by atoms with van der Waals surface area (Å²) in [5.41, 5.74) is 8.96. The van der Waals surface area contributed by atoms with E-state index in [1.807, 2.05) is 48.5 Å². The van der Waals surface area contributed by atoms with Crippen LogP contribution in [-0.4, -0.2) is 5.97 Å². The molecule has 3 aromatic carbocycles. The van der Waals surface area contributed by atoms with Gasteiger partial charge in [-0.2, -0.15) is 0 Å². The van der Waals surface area contributed by atoms with Crippen LogP contribution in [0, 0.1) is 0 Å². The van der Waals surface area contributed by atoms with Gasteiger partial charge in [0.25, 0.3) is 0 Å². The van der Waals surface area contributed by atoms with Gasteiger partial charge in [0.1, 0.15) is 12.4 Å². The molecule has 0 saturated heterocycles. The van der Waals surface area contributed by atoms with Crippen molar-refractivity contribution in [3.8, 4) is 16.9 Å². The number of hydrogen-bond acceptors (Lipinski definition) is 4. The van der Waals surface area contributed by atoms with Crippen LogP contribution < -0.4 is 45.1 Å². The van der Waals surface area contributed by atoms with Crippen molar-refractivity contribution in [2.24, 2.45) is 0 Å². The molecule has 2 N–H and O–H groups in total. The smallest absolute Gasteiger partial charge is 0.545 e. The van der Waals surface area contributed by atoms with Crippen LogP contribution in [0.2, 0.25) is 0 Å². The molecule has 0 bridgehead atoms. The number of aromatic carboxylic acids is 1. The van der Waals surface area contributed by atoms with Crippen molar-refractivity contribution in [1.29, 1.82) is 0 Å². The number of anilines is 1. The molecule has 25 heavy (non-hydrogen) atoms. The Kier molecular flexibility index (Phi) is 6.65. The summed E-state index contributed by atoms with van der Waals surface area (Å²) < 4.78 is 5.65. The van der Waals surface area contributed by atoms with Crippen molar-refractivity contribution >= 4 is 11.7 Å². The van der Waals surface area contributed by atoms with E-state index >= 15 is 0 Å². The first-order valence-corrected chi connectivity index (χ1v) is 7.51. The van der Waals surface area contributed by atoms with Crippen LogP contribution in [0.25, 0.3) is 11.1 Å². The molecule has 0 radical (unpaired) electrons. The Bertz CT molecular complexity index is 849. The van der Waals surface area contributed by atoms with Gasteiger partial charge >= 0.3 is 29.6 Å². The van der Waals surface area contributed by atoms with Crippen molar-refractivity contribution in [2.45, 2.75) is 6.61 Å². The summed E-state index contributed by atoms with van der Waals surface area (Å²) in [4.78, 5) is 11.5.